The van der Waals surface area contributed by atoms with Gasteiger partial charge in [0.15, 0.2) is 6.23 Å². The van der Waals surface area contributed by atoms with Crippen molar-refractivity contribution in [1.82, 2.24) is 9.55 Å². The Hall–Kier alpha value is -1.03. The number of phosphoric ester groups is 1. The molecule has 30 heavy (non-hydrogen) atoms. The Bertz CT molecular complexity index is 1040. The van der Waals surface area contributed by atoms with E-state index in [1.54, 1.807) is 0 Å². The van der Waals surface area contributed by atoms with Crippen molar-refractivity contribution in [1.29, 1.82) is 0 Å². The van der Waals surface area contributed by atoms with Crippen LogP contribution in [0.25, 0.3) is 0 Å². The highest BCUT2D eigenvalue weighted by atomic mass is 31.3. The summed E-state index contributed by atoms with van der Waals surface area (Å²) < 4.78 is 50.8. The van der Waals surface area contributed by atoms with Gasteiger partial charge in [-0.05, 0) is 6.92 Å². The van der Waals surface area contributed by atoms with Gasteiger partial charge in [-0.2, -0.15) is 8.62 Å². The minimum Gasteiger partial charge on any atom is -0.387 e. The fourth-order valence-corrected chi connectivity index (χ4v) is 5.37. The number of aliphatic hydroxyl groups is 2. The molecule has 0 saturated carbocycles. The Kier molecular flexibility index (Phi) is 7.44. The third kappa shape index (κ3) is 6.48. The summed E-state index contributed by atoms with van der Waals surface area (Å²) >= 11 is 0. The first kappa shape index (κ1) is 25.2. The Morgan fingerprint density at radius 1 is 1.07 bits per heavy atom. The van der Waals surface area contributed by atoms with Crippen molar-refractivity contribution in [3.63, 3.8) is 0 Å². The molecule has 20 heteroatoms. The van der Waals surface area contributed by atoms with Crippen LogP contribution >= 0.6 is 23.5 Å². The van der Waals surface area contributed by atoms with Gasteiger partial charge >= 0.3 is 29.2 Å². The van der Waals surface area contributed by atoms with Crippen LogP contribution in [-0.4, -0.2) is 64.3 Å². The van der Waals surface area contributed by atoms with Crippen molar-refractivity contribution >= 4 is 23.5 Å². The number of nitrogens with zero attached hydrogens (tertiary/aromatic N) is 1. The molecule has 1 saturated heterocycles. The van der Waals surface area contributed by atoms with Crippen LogP contribution in [0.2, 0.25) is 0 Å². The summed E-state index contributed by atoms with van der Waals surface area (Å²) in [5.74, 6) is 0. The van der Waals surface area contributed by atoms with Gasteiger partial charge in [0.05, 0.1) is 6.61 Å². The molecular weight excluding hydrogens is 481 g/mol. The fourth-order valence-electron chi connectivity index (χ4n) is 2.34. The Morgan fingerprint density at radius 2 is 1.67 bits per heavy atom. The molecule has 1 aromatic rings. The molecule has 0 amide bonds. The smallest absolute Gasteiger partial charge is 0.387 e. The maximum atomic E-state index is 11.9. The van der Waals surface area contributed by atoms with E-state index in [-0.39, 0.29) is 5.56 Å². The van der Waals surface area contributed by atoms with Crippen LogP contribution in [0.5, 0.6) is 0 Å². The van der Waals surface area contributed by atoms with Gasteiger partial charge in [-0.3, -0.25) is 18.9 Å². The number of nitrogens with one attached hydrogen (secondary N) is 1. The SMILES string of the molecule is Cc1cn([C@H]2O[C@@H](COP(=O)(O)OP(=O)(O)OP(=O)(O)O)[C@H](O)[C@@H]2O)c(=O)[nH]c1=O. The van der Waals surface area contributed by atoms with Crippen molar-refractivity contribution in [2.45, 2.75) is 31.5 Å². The van der Waals surface area contributed by atoms with E-state index in [0.29, 0.717) is 0 Å². The maximum absolute atomic E-state index is 11.9. The average Bonchev–Trinajstić information content (AvgIpc) is 2.81. The number of ether oxygens (including phenoxy) is 1. The van der Waals surface area contributed by atoms with Crippen LogP contribution in [0.4, 0.5) is 0 Å². The van der Waals surface area contributed by atoms with Crippen molar-refractivity contribution in [3.8, 4) is 0 Å². The van der Waals surface area contributed by atoms with Crippen LogP contribution in [0, 0.1) is 6.92 Å². The lowest BCUT2D eigenvalue weighted by molar-refractivity contribution is -0.0543. The van der Waals surface area contributed by atoms with Crippen LogP contribution < -0.4 is 11.2 Å². The van der Waals surface area contributed by atoms with Gasteiger partial charge in [0, 0.05) is 11.8 Å². The minimum atomic E-state index is -5.73. The fraction of sp³-hybridized carbons (Fsp3) is 0.600. The summed E-state index contributed by atoms with van der Waals surface area (Å²) in [6.45, 7) is 0.300. The molecule has 172 valence electrons. The monoisotopic (exact) mass is 498 g/mol. The summed E-state index contributed by atoms with van der Waals surface area (Å²) in [6, 6.07) is 0. The van der Waals surface area contributed by atoms with E-state index >= 15 is 0 Å². The van der Waals surface area contributed by atoms with E-state index in [9.17, 15) is 38.4 Å². The van der Waals surface area contributed by atoms with E-state index in [0.717, 1.165) is 10.8 Å². The second kappa shape index (κ2) is 8.84. The van der Waals surface area contributed by atoms with Gasteiger partial charge in [-0.25, -0.2) is 18.5 Å². The third-order valence-corrected chi connectivity index (χ3v) is 7.38. The lowest BCUT2D eigenvalue weighted by atomic mass is 10.1. The van der Waals surface area contributed by atoms with E-state index in [1.165, 1.54) is 6.92 Å². The minimum absolute atomic E-state index is 0.0663. The number of aliphatic hydroxyl groups excluding tert-OH is 2. The van der Waals surface area contributed by atoms with Gasteiger partial charge in [0.2, 0.25) is 0 Å². The summed E-state index contributed by atoms with van der Waals surface area (Å²) in [5, 5.41) is 20.1. The lowest BCUT2D eigenvalue weighted by Crippen LogP contribution is -2.38. The van der Waals surface area contributed by atoms with Gasteiger partial charge in [-0.1, -0.05) is 0 Å². The maximum Gasteiger partial charge on any atom is 0.490 e. The second-order valence-electron chi connectivity index (χ2n) is 5.91. The third-order valence-electron chi connectivity index (χ3n) is 3.58. The number of phosphoric acid groups is 3. The van der Waals surface area contributed by atoms with E-state index in [1.807, 2.05) is 4.98 Å². The molecule has 0 spiro atoms. The Labute approximate surface area is 165 Å². The van der Waals surface area contributed by atoms with Crippen molar-refractivity contribution in [2.24, 2.45) is 0 Å². The van der Waals surface area contributed by atoms with Crippen molar-refractivity contribution in [3.05, 3.63) is 32.6 Å². The molecule has 1 fully saturated rings. The predicted molar refractivity (Wildman–Crippen MR) is 91.8 cm³/mol. The second-order valence-corrected chi connectivity index (χ2v) is 10.3. The summed E-state index contributed by atoms with van der Waals surface area (Å²) in [6.07, 6.45) is -5.64. The molecule has 1 aliphatic rings. The number of hydrogen-bond donors (Lipinski definition) is 7. The Morgan fingerprint density at radius 3 is 2.23 bits per heavy atom. The lowest BCUT2D eigenvalue weighted by Gasteiger charge is -2.19. The van der Waals surface area contributed by atoms with Crippen molar-refractivity contribution < 1.29 is 61.4 Å². The number of aromatic amines is 1. The zero-order valence-corrected chi connectivity index (χ0v) is 17.4. The highest BCUT2D eigenvalue weighted by Crippen LogP contribution is 2.66. The van der Waals surface area contributed by atoms with Crippen molar-refractivity contribution in [2.75, 3.05) is 6.61 Å². The van der Waals surface area contributed by atoms with Gasteiger partial charge < -0.3 is 34.5 Å². The van der Waals surface area contributed by atoms with Gasteiger partial charge in [0.25, 0.3) is 5.56 Å². The summed E-state index contributed by atoms with van der Waals surface area (Å²) in [7, 11) is -16.8. The molecule has 1 aliphatic heterocycles. The number of rotatable bonds is 8. The molecule has 2 heterocycles. The highest BCUT2D eigenvalue weighted by Gasteiger charge is 2.46. The number of hydrogen-bond acceptors (Lipinski definition) is 11. The zero-order valence-electron chi connectivity index (χ0n) is 14.7. The van der Waals surface area contributed by atoms with Crippen LogP contribution in [0.3, 0.4) is 0 Å². The Balaban J connectivity index is 2.09. The molecule has 7 N–H and O–H groups in total. The number of H-pyrrole nitrogens is 1. The van der Waals surface area contributed by atoms with E-state index < -0.39 is 65.9 Å². The quantitative estimate of drug-likeness (QED) is 0.188. The first-order chi connectivity index (χ1) is 13.5. The van der Waals surface area contributed by atoms with Crippen LogP contribution in [0.1, 0.15) is 11.8 Å². The number of aromatic nitrogens is 2. The zero-order chi connectivity index (χ0) is 23.1. The van der Waals surface area contributed by atoms with Gasteiger partial charge in [-0.15, -0.1) is 0 Å². The molecule has 0 radical (unpaired) electrons. The largest absolute Gasteiger partial charge is 0.490 e. The molecule has 2 rings (SSSR count). The molecule has 2 unspecified atom stereocenters. The topological polar surface area (TPSA) is 264 Å². The molecule has 0 aliphatic carbocycles. The summed E-state index contributed by atoms with van der Waals surface area (Å²) in [4.78, 5) is 60.6. The first-order valence-electron chi connectivity index (χ1n) is 7.63. The van der Waals surface area contributed by atoms with Gasteiger partial charge in [0.1, 0.15) is 18.3 Å². The predicted octanol–water partition coefficient (Wildman–Crippen LogP) is -2.19. The number of aryl methyl sites for hydroxylation is 1. The summed E-state index contributed by atoms with van der Waals surface area (Å²) in [5.41, 5.74) is -1.62. The molecule has 6 atom stereocenters. The van der Waals surface area contributed by atoms with E-state index in [2.05, 4.69) is 13.1 Å². The molecule has 1 aromatic heterocycles. The van der Waals surface area contributed by atoms with Crippen LogP contribution in [-0.2, 0) is 31.6 Å². The average molecular weight is 498 g/mol. The normalized spacial score (nSPS) is 28.8. The highest BCUT2D eigenvalue weighted by molar-refractivity contribution is 7.66. The first-order valence-corrected chi connectivity index (χ1v) is 12.2. The molecule has 0 aromatic carbocycles. The van der Waals surface area contributed by atoms with E-state index in [4.69, 9.17) is 19.4 Å². The molecule has 0 bridgehead atoms. The van der Waals surface area contributed by atoms with Crippen LogP contribution in [0.15, 0.2) is 15.8 Å². The molecular formula is C10H17N2O15P3. The standard InChI is InChI=1S/C10H17N2O15P3/c1-4-2-12(10(16)11-8(4)15)9-7(14)6(13)5(25-9)3-24-29(20,21)27-30(22,23)26-28(17,18)19/h2,5-7,9,13-14H,3H2,1H3,(H,20,21)(H,22,23)(H,11,15,16)(H2,17,18,19)/t5-,6-,7-,9-/m0/s1. The molecule has 17 nitrogen and oxygen atoms in total.